The summed E-state index contributed by atoms with van der Waals surface area (Å²) in [5, 5.41) is 5.46. The summed E-state index contributed by atoms with van der Waals surface area (Å²) in [5.41, 5.74) is 1.04. The third kappa shape index (κ3) is 7.17. The summed E-state index contributed by atoms with van der Waals surface area (Å²) in [5.74, 6) is -1.14. The van der Waals surface area contributed by atoms with Crippen LogP contribution in [0.5, 0.6) is 11.5 Å². The van der Waals surface area contributed by atoms with Crippen molar-refractivity contribution in [2.45, 2.75) is 31.5 Å². The standard InChI is InChI=1S/C29H32FN3O7/c1-37-23-12-9-20(15-25(23)38-2)27(29(36)31-16-22-5-3-13-39-22)33(18-19-7-10-21(30)11-8-19)26(34)17-32-28(35)24-6-4-14-40-24/h4,6-12,14-15,22,27H,3,5,13,16-18H2,1-2H3,(H,31,36)(H,32,35)/t22-,27-/m1/s1. The van der Waals surface area contributed by atoms with E-state index in [1.807, 2.05) is 0 Å². The van der Waals surface area contributed by atoms with E-state index >= 15 is 0 Å². The summed E-state index contributed by atoms with van der Waals surface area (Å²) in [6, 6.07) is 12.5. The van der Waals surface area contributed by atoms with Crippen molar-refractivity contribution in [1.82, 2.24) is 15.5 Å². The summed E-state index contributed by atoms with van der Waals surface area (Å²) in [6.07, 6.45) is 2.95. The average Bonchev–Trinajstić information content (AvgIpc) is 3.70. The topological polar surface area (TPSA) is 119 Å². The van der Waals surface area contributed by atoms with Gasteiger partial charge in [0.05, 0.1) is 33.1 Å². The first-order valence-electron chi connectivity index (χ1n) is 12.9. The van der Waals surface area contributed by atoms with Crippen LogP contribution in [-0.2, 0) is 20.9 Å². The first-order valence-corrected chi connectivity index (χ1v) is 12.9. The molecule has 0 aliphatic carbocycles. The van der Waals surface area contributed by atoms with Gasteiger partial charge in [0.25, 0.3) is 5.91 Å². The molecule has 0 saturated carbocycles. The molecule has 0 bridgehead atoms. The van der Waals surface area contributed by atoms with Gasteiger partial charge in [-0.25, -0.2) is 4.39 Å². The van der Waals surface area contributed by atoms with Crippen molar-refractivity contribution >= 4 is 17.7 Å². The van der Waals surface area contributed by atoms with Gasteiger partial charge in [-0.15, -0.1) is 0 Å². The molecular formula is C29H32FN3O7. The lowest BCUT2D eigenvalue weighted by molar-refractivity contribution is -0.141. The predicted octanol–water partition coefficient (Wildman–Crippen LogP) is 3.23. The average molecular weight is 554 g/mol. The van der Waals surface area contributed by atoms with E-state index in [1.165, 1.54) is 55.7 Å². The number of nitrogens with zero attached hydrogens (tertiary/aromatic N) is 1. The molecule has 3 amide bonds. The van der Waals surface area contributed by atoms with Crippen molar-refractivity contribution in [3.05, 3.63) is 83.6 Å². The second-order valence-electron chi connectivity index (χ2n) is 9.21. The molecule has 1 fully saturated rings. The molecule has 2 N–H and O–H groups in total. The maximum atomic E-state index is 13.8. The highest BCUT2D eigenvalue weighted by molar-refractivity contribution is 5.95. The summed E-state index contributed by atoms with van der Waals surface area (Å²) in [7, 11) is 2.97. The Hall–Kier alpha value is -4.38. The number of carbonyl (C=O) groups is 3. The van der Waals surface area contributed by atoms with Crippen molar-refractivity contribution in [3.63, 3.8) is 0 Å². The van der Waals surface area contributed by atoms with Crippen molar-refractivity contribution in [3.8, 4) is 11.5 Å². The maximum Gasteiger partial charge on any atom is 0.287 e. The van der Waals surface area contributed by atoms with Crippen LogP contribution in [-0.4, -0.2) is 62.6 Å². The fourth-order valence-electron chi connectivity index (χ4n) is 4.47. The van der Waals surface area contributed by atoms with Gasteiger partial charge in [0.2, 0.25) is 11.8 Å². The molecule has 4 rings (SSSR count). The molecule has 0 radical (unpaired) electrons. The zero-order chi connectivity index (χ0) is 28.5. The molecule has 3 aromatic rings. The molecule has 212 valence electrons. The Bertz CT molecular complexity index is 1290. The number of halogens is 1. The van der Waals surface area contributed by atoms with E-state index in [4.69, 9.17) is 18.6 Å². The molecule has 40 heavy (non-hydrogen) atoms. The Kier molecular flexibility index (Phi) is 9.74. The van der Waals surface area contributed by atoms with Crippen molar-refractivity contribution < 1.29 is 37.4 Å². The van der Waals surface area contributed by atoms with E-state index in [9.17, 15) is 18.8 Å². The van der Waals surface area contributed by atoms with Gasteiger partial charge in [-0.2, -0.15) is 0 Å². The summed E-state index contributed by atoms with van der Waals surface area (Å²) < 4.78 is 35.2. The number of carbonyl (C=O) groups excluding carboxylic acids is 3. The van der Waals surface area contributed by atoms with E-state index in [2.05, 4.69) is 10.6 Å². The molecule has 1 aromatic heterocycles. The number of nitrogens with one attached hydrogen (secondary N) is 2. The Morgan fingerprint density at radius 2 is 1.82 bits per heavy atom. The van der Waals surface area contributed by atoms with Gasteiger partial charge in [0, 0.05) is 19.7 Å². The van der Waals surface area contributed by atoms with Gasteiger partial charge < -0.3 is 34.2 Å². The third-order valence-electron chi connectivity index (χ3n) is 6.54. The van der Waals surface area contributed by atoms with Gasteiger partial charge >= 0.3 is 0 Å². The minimum atomic E-state index is -1.13. The van der Waals surface area contributed by atoms with Crippen LogP contribution in [0.2, 0.25) is 0 Å². The maximum absolute atomic E-state index is 13.8. The van der Waals surface area contributed by atoms with Crippen LogP contribution in [0, 0.1) is 5.82 Å². The Morgan fingerprint density at radius 1 is 1.05 bits per heavy atom. The molecule has 0 unspecified atom stereocenters. The Labute approximate surface area is 231 Å². The first-order chi connectivity index (χ1) is 19.4. The van der Waals surface area contributed by atoms with Crippen molar-refractivity contribution in [1.29, 1.82) is 0 Å². The quantitative estimate of drug-likeness (QED) is 0.354. The van der Waals surface area contributed by atoms with Crippen LogP contribution < -0.4 is 20.1 Å². The fourth-order valence-corrected chi connectivity index (χ4v) is 4.47. The minimum Gasteiger partial charge on any atom is -0.493 e. The molecular weight excluding hydrogens is 521 g/mol. The monoisotopic (exact) mass is 553 g/mol. The summed E-state index contributed by atoms with van der Waals surface area (Å²) in [6.45, 7) is 0.451. The summed E-state index contributed by atoms with van der Waals surface area (Å²) in [4.78, 5) is 41.3. The lowest BCUT2D eigenvalue weighted by Gasteiger charge is -2.32. The van der Waals surface area contributed by atoms with Crippen LogP contribution in [0.4, 0.5) is 4.39 Å². The zero-order valence-electron chi connectivity index (χ0n) is 22.4. The van der Waals surface area contributed by atoms with E-state index in [-0.39, 0.29) is 25.0 Å². The molecule has 1 aliphatic heterocycles. The van der Waals surface area contributed by atoms with Crippen LogP contribution in [0.1, 0.15) is 40.6 Å². The second kappa shape index (κ2) is 13.6. The number of rotatable bonds is 12. The minimum absolute atomic E-state index is 0.0396. The van der Waals surface area contributed by atoms with Gasteiger partial charge in [-0.1, -0.05) is 18.2 Å². The fraction of sp³-hybridized carbons (Fsp3) is 0.345. The smallest absolute Gasteiger partial charge is 0.287 e. The van der Waals surface area contributed by atoms with Gasteiger partial charge in [0.15, 0.2) is 17.3 Å². The van der Waals surface area contributed by atoms with Crippen molar-refractivity contribution in [2.24, 2.45) is 0 Å². The molecule has 2 atom stereocenters. The largest absolute Gasteiger partial charge is 0.493 e. The molecule has 11 heteroatoms. The van der Waals surface area contributed by atoms with Crippen LogP contribution in [0.3, 0.4) is 0 Å². The second-order valence-corrected chi connectivity index (χ2v) is 9.21. The van der Waals surface area contributed by atoms with Crippen LogP contribution in [0.25, 0.3) is 0 Å². The molecule has 2 aromatic carbocycles. The number of furan rings is 1. The highest BCUT2D eigenvalue weighted by atomic mass is 19.1. The van der Waals surface area contributed by atoms with Gasteiger partial charge in [-0.05, 0) is 60.4 Å². The zero-order valence-corrected chi connectivity index (χ0v) is 22.4. The van der Waals surface area contributed by atoms with Gasteiger partial charge in [-0.3, -0.25) is 14.4 Å². The molecule has 0 spiro atoms. The highest BCUT2D eigenvalue weighted by Crippen LogP contribution is 2.33. The molecule has 2 heterocycles. The number of ether oxygens (including phenoxy) is 3. The Morgan fingerprint density at radius 3 is 2.48 bits per heavy atom. The summed E-state index contributed by atoms with van der Waals surface area (Å²) >= 11 is 0. The number of hydrogen-bond donors (Lipinski definition) is 2. The molecule has 10 nitrogen and oxygen atoms in total. The third-order valence-corrected chi connectivity index (χ3v) is 6.54. The molecule has 1 saturated heterocycles. The van der Waals surface area contributed by atoms with E-state index < -0.39 is 36.1 Å². The number of amides is 3. The normalized spacial score (nSPS) is 15.2. The number of benzene rings is 2. The Balaban J connectivity index is 1.67. The van der Waals surface area contributed by atoms with E-state index in [1.54, 1.807) is 24.3 Å². The number of methoxy groups -OCH3 is 2. The van der Waals surface area contributed by atoms with Crippen LogP contribution in [0.15, 0.2) is 65.3 Å². The van der Waals surface area contributed by atoms with E-state index in [0.29, 0.717) is 29.2 Å². The first kappa shape index (κ1) is 28.6. The van der Waals surface area contributed by atoms with E-state index in [0.717, 1.165) is 12.8 Å². The lowest BCUT2D eigenvalue weighted by Crippen LogP contribution is -2.48. The lowest BCUT2D eigenvalue weighted by atomic mass is 10.0. The predicted molar refractivity (Wildman–Crippen MR) is 142 cm³/mol. The number of hydrogen-bond acceptors (Lipinski definition) is 7. The molecule has 1 aliphatic rings. The van der Waals surface area contributed by atoms with Crippen LogP contribution >= 0.6 is 0 Å². The van der Waals surface area contributed by atoms with Gasteiger partial charge in [0.1, 0.15) is 11.9 Å². The SMILES string of the molecule is COc1ccc([C@H](C(=O)NC[C@H]2CCCO2)N(Cc2ccc(F)cc2)C(=O)CNC(=O)c2ccco2)cc1OC. The highest BCUT2D eigenvalue weighted by Gasteiger charge is 2.33. The van der Waals surface area contributed by atoms with Crippen molar-refractivity contribution in [2.75, 3.05) is 33.9 Å².